The van der Waals surface area contributed by atoms with Crippen molar-refractivity contribution < 1.29 is 4.74 Å². The lowest BCUT2D eigenvalue weighted by Crippen LogP contribution is -2.25. The van der Waals surface area contributed by atoms with Crippen molar-refractivity contribution >= 4 is 23.0 Å². The normalized spacial score (nSPS) is 13.2. The highest BCUT2D eigenvalue weighted by Crippen LogP contribution is 2.33. The predicted octanol–water partition coefficient (Wildman–Crippen LogP) is 4.62. The Labute approximate surface area is 153 Å². The van der Waals surface area contributed by atoms with E-state index in [1.54, 1.807) is 7.11 Å². The summed E-state index contributed by atoms with van der Waals surface area (Å²) in [7, 11) is 1.67. The van der Waals surface area contributed by atoms with Crippen LogP contribution in [-0.4, -0.2) is 23.6 Å². The summed E-state index contributed by atoms with van der Waals surface area (Å²) in [6.07, 6.45) is 2.25. The molecule has 5 heteroatoms. The minimum atomic E-state index is 0.751. The van der Waals surface area contributed by atoms with Gasteiger partial charge in [0, 0.05) is 24.0 Å². The van der Waals surface area contributed by atoms with Gasteiger partial charge in [-0.05, 0) is 55.7 Å². The summed E-state index contributed by atoms with van der Waals surface area (Å²) in [6, 6.07) is 18.4. The molecule has 0 atom stereocenters. The van der Waals surface area contributed by atoms with Gasteiger partial charge in [-0.25, -0.2) is 9.97 Å². The molecule has 0 saturated carbocycles. The van der Waals surface area contributed by atoms with Crippen LogP contribution in [0.15, 0.2) is 54.6 Å². The van der Waals surface area contributed by atoms with Crippen LogP contribution in [0.5, 0.6) is 5.75 Å². The Morgan fingerprint density at radius 1 is 1.04 bits per heavy atom. The highest BCUT2D eigenvalue weighted by molar-refractivity contribution is 5.68. The number of benzene rings is 2. The Bertz CT molecular complexity index is 908. The van der Waals surface area contributed by atoms with E-state index in [2.05, 4.69) is 44.5 Å². The molecule has 1 aliphatic rings. The van der Waals surface area contributed by atoms with Crippen molar-refractivity contribution in [2.24, 2.45) is 0 Å². The third-order valence-electron chi connectivity index (χ3n) is 4.57. The molecule has 5 nitrogen and oxygen atoms in total. The van der Waals surface area contributed by atoms with E-state index in [1.165, 1.54) is 11.3 Å². The molecule has 0 fully saturated rings. The van der Waals surface area contributed by atoms with Gasteiger partial charge in [0.25, 0.3) is 0 Å². The maximum Gasteiger partial charge on any atom is 0.138 e. The SMILES string of the molecule is COc1ccc(Nc2cc(N3CCCc4ccccc43)nc(C)n2)cc1. The molecule has 0 aliphatic carbocycles. The van der Waals surface area contributed by atoms with Crippen LogP contribution in [0.4, 0.5) is 23.0 Å². The summed E-state index contributed by atoms with van der Waals surface area (Å²) in [4.78, 5) is 11.5. The molecular weight excluding hydrogens is 324 g/mol. The first-order valence-corrected chi connectivity index (χ1v) is 8.85. The number of aryl methyl sites for hydroxylation is 2. The van der Waals surface area contributed by atoms with Crippen LogP contribution in [0.1, 0.15) is 17.8 Å². The van der Waals surface area contributed by atoms with Gasteiger partial charge in [-0.2, -0.15) is 0 Å². The fourth-order valence-corrected chi connectivity index (χ4v) is 3.35. The van der Waals surface area contributed by atoms with Crippen molar-refractivity contribution in [2.45, 2.75) is 19.8 Å². The fourth-order valence-electron chi connectivity index (χ4n) is 3.35. The molecule has 0 bridgehead atoms. The quantitative estimate of drug-likeness (QED) is 0.747. The monoisotopic (exact) mass is 346 g/mol. The zero-order valence-electron chi connectivity index (χ0n) is 15.1. The lowest BCUT2D eigenvalue weighted by atomic mass is 10.0. The van der Waals surface area contributed by atoms with Crippen LogP contribution >= 0.6 is 0 Å². The summed E-state index contributed by atoms with van der Waals surface area (Å²) < 4.78 is 5.21. The van der Waals surface area contributed by atoms with E-state index in [9.17, 15) is 0 Å². The molecular formula is C21H22N4O. The minimum absolute atomic E-state index is 0.751. The Morgan fingerprint density at radius 2 is 1.85 bits per heavy atom. The van der Waals surface area contributed by atoms with Crippen LogP contribution in [0.25, 0.3) is 0 Å². The number of para-hydroxylation sites is 1. The second-order valence-corrected chi connectivity index (χ2v) is 6.40. The smallest absolute Gasteiger partial charge is 0.138 e. The van der Waals surface area contributed by atoms with Gasteiger partial charge in [-0.3, -0.25) is 0 Å². The van der Waals surface area contributed by atoms with Gasteiger partial charge in [-0.15, -0.1) is 0 Å². The molecule has 0 spiro atoms. The van der Waals surface area contributed by atoms with Crippen LogP contribution in [0, 0.1) is 6.92 Å². The van der Waals surface area contributed by atoms with Crippen molar-refractivity contribution in [3.63, 3.8) is 0 Å². The largest absolute Gasteiger partial charge is 0.497 e. The second kappa shape index (κ2) is 7.04. The number of aromatic nitrogens is 2. The molecule has 132 valence electrons. The molecule has 3 aromatic rings. The zero-order chi connectivity index (χ0) is 17.9. The number of nitrogens with zero attached hydrogens (tertiary/aromatic N) is 3. The van der Waals surface area contributed by atoms with Crippen LogP contribution < -0.4 is 15.0 Å². The van der Waals surface area contributed by atoms with Crippen molar-refractivity contribution in [1.82, 2.24) is 9.97 Å². The maximum absolute atomic E-state index is 5.21. The Hall–Kier alpha value is -3.08. The Kier molecular flexibility index (Phi) is 4.44. The van der Waals surface area contributed by atoms with Crippen LogP contribution in [-0.2, 0) is 6.42 Å². The first-order chi connectivity index (χ1) is 12.7. The predicted molar refractivity (Wildman–Crippen MR) is 105 cm³/mol. The minimum Gasteiger partial charge on any atom is -0.497 e. The number of nitrogens with one attached hydrogen (secondary N) is 1. The molecule has 1 aliphatic heterocycles. The number of anilines is 4. The molecule has 2 aromatic carbocycles. The summed E-state index contributed by atoms with van der Waals surface area (Å²) in [6.45, 7) is 2.90. The molecule has 0 amide bonds. The third kappa shape index (κ3) is 3.33. The van der Waals surface area contributed by atoms with Gasteiger partial charge in [-0.1, -0.05) is 18.2 Å². The van der Waals surface area contributed by atoms with Crippen molar-refractivity contribution in [2.75, 3.05) is 23.9 Å². The number of hydrogen-bond donors (Lipinski definition) is 1. The first kappa shape index (κ1) is 16.4. The molecule has 0 radical (unpaired) electrons. The van der Waals surface area contributed by atoms with E-state index in [4.69, 9.17) is 4.74 Å². The highest BCUT2D eigenvalue weighted by Gasteiger charge is 2.19. The van der Waals surface area contributed by atoms with Gasteiger partial charge in [0.1, 0.15) is 23.2 Å². The summed E-state index contributed by atoms with van der Waals surface area (Å²) >= 11 is 0. The first-order valence-electron chi connectivity index (χ1n) is 8.85. The van der Waals surface area contributed by atoms with E-state index >= 15 is 0 Å². The standard InChI is InChI=1S/C21H22N4O/c1-15-22-20(24-17-9-11-18(26-2)12-10-17)14-21(23-15)25-13-5-7-16-6-3-4-8-19(16)25/h3-4,6,8-12,14H,5,7,13H2,1-2H3,(H,22,23,24). The van der Waals surface area contributed by atoms with Crippen molar-refractivity contribution in [1.29, 1.82) is 0 Å². The van der Waals surface area contributed by atoms with Gasteiger partial charge < -0.3 is 15.0 Å². The van der Waals surface area contributed by atoms with Gasteiger partial charge in [0.05, 0.1) is 7.11 Å². The van der Waals surface area contributed by atoms with Crippen LogP contribution in [0.3, 0.4) is 0 Å². The zero-order valence-corrected chi connectivity index (χ0v) is 15.1. The topological polar surface area (TPSA) is 50.3 Å². The lowest BCUT2D eigenvalue weighted by Gasteiger charge is -2.30. The van der Waals surface area contributed by atoms with Gasteiger partial charge >= 0.3 is 0 Å². The van der Waals surface area contributed by atoms with Gasteiger partial charge in [0.2, 0.25) is 0 Å². The maximum atomic E-state index is 5.21. The Balaban J connectivity index is 1.64. The molecule has 0 unspecified atom stereocenters. The number of hydrogen-bond acceptors (Lipinski definition) is 5. The van der Waals surface area contributed by atoms with Crippen molar-refractivity contribution in [3.05, 3.63) is 66.0 Å². The molecule has 4 rings (SSSR count). The average Bonchev–Trinajstić information content (AvgIpc) is 2.67. The molecule has 2 heterocycles. The molecule has 1 N–H and O–H groups in total. The molecule has 0 saturated heterocycles. The van der Waals surface area contributed by atoms with Crippen molar-refractivity contribution in [3.8, 4) is 5.75 Å². The summed E-state index contributed by atoms with van der Waals surface area (Å²) in [5.74, 6) is 3.31. The van der Waals surface area contributed by atoms with E-state index in [0.29, 0.717) is 0 Å². The lowest BCUT2D eigenvalue weighted by molar-refractivity contribution is 0.415. The summed E-state index contributed by atoms with van der Waals surface area (Å²) in [5, 5.41) is 3.37. The van der Waals surface area contributed by atoms with Gasteiger partial charge in [0.15, 0.2) is 0 Å². The highest BCUT2D eigenvalue weighted by atomic mass is 16.5. The van der Waals surface area contributed by atoms with E-state index in [1.807, 2.05) is 37.3 Å². The van der Waals surface area contributed by atoms with E-state index in [0.717, 1.165) is 48.3 Å². The number of fused-ring (bicyclic) bond motifs is 1. The number of rotatable bonds is 4. The summed E-state index contributed by atoms with van der Waals surface area (Å²) in [5.41, 5.74) is 3.58. The fraction of sp³-hybridized carbons (Fsp3) is 0.238. The molecule has 1 aromatic heterocycles. The van der Waals surface area contributed by atoms with Crippen LogP contribution in [0.2, 0.25) is 0 Å². The third-order valence-corrected chi connectivity index (χ3v) is 4.57. The Morgan fingerprint density at radius 3 is 2.65 bits per heavy atom. The molecule has 26 heavy (non-hydrogen) atoms. The second-order valence-electron chi connectivity index (χ2n) is 6.40. The number of ether oxygens (including phenoxy) is 1. The van der Waals surface area contributed by atoms with E-state index in [-0.39, 0.29) is 0 Å². The van der Waals surface area contributed by atoms with E-state index < -0.39 is 0 Å². The average molecular weight is 346 g/mol. The number of methoxy groups -OCH3 is 1.